The minimum absolute atomic E-state index is 0.475. The van der Waals surface area contributed by atoms with Crippen LogP contribution in [0.1, 0.15) is 41.4 Å². The summed E-state index contributed by atoms with van der Waals surface area (Å²) in [5.41, 5.74) is 4.09. The fourth-order valence-electron chi connectivity index (χ4n) is 3.56. The van der Waals surface area contributed by atoms with Crippen LogP contribution < -0.4 is 4.90 Å². The second-order valence-corrected chi connectivity index (χ2v) is 6.73. The summed E-state index contributed by atoms with van der Waals surface area (Å²) in [6.07, 6.45) is 2.99. The molecular weight excluding hydrogens is 322 g/mol. The van der Waals surface area contributed by atoms with E-state index in [4.69, 9.17) is 5.26 Å². The molecule has 1 fully saturated rings. The van der Waals surface area contributed by atoms with Crippen LogP contribution in [-0.2, 0) is 6.42 Å². The van der Waals surface area contributed by atoms with E-state index in [1.165, 1.54) is 5.56 Å². The van der Waals surface area contributed by atoms with E-state index >= 15 is 0 Å². The molecule has 0 aliphatic carbocycles. The van der Waals surface area contributed by atoms with Crippen LogP contribution in [-0.4, -0.2) is 28.3 Å². The minimum atomic E-state index is 0.475. The van der Waals surface area contributed by atoms with Gasteiger partial charge in [-0.05, 0) is 36.6 Å². The van der Waals surface area contributed by atoms with Gasteiger partial charge in [-0.25, -0.2) is 4.98 Å². The number of benzene rings is 1. The number of piperidine rings is 1. The number of nitrogens with zero attached hydrogens (tertiary/aromatic N) is 4. The topological polar surface area (TPSA) is 68.6 Å². The van der Waals surface area contributed by atoms with Crippen molar-refractivity contribution in [1.29, 1.82) is 5.26 Å². The van der Waals surface area contributed by atoms with Crippen LogP contribution in [0.15, 0.2) is 54.6 Å². The lowest BCUT2D eigenvalue weighted by molar-refractivity contribution is 0.493. The van der Waals surface area contributed by atoms with Crippen molar-refractivity contribution in [3.63, 3.8) is 0 Å². The molecule has 0 spiro atoms. The van der Waals surface area contributed by atoms with Crippen LogP contribution in [0, 0.1) is 11.3 Å². The van der Waals surface area contributed by atoms with Crippen molar-refractivity contribution < 1.29 is 0 Å². The highest BCUT2D eigenvalue weighted by Gasteiger charge is 2.23. The van der Waals surface area contributed by atoms with E-state index in [-0.39, 0.29) is 0 Å². The molecule has 2 aromatic heterocycles. The van der Waals surface area contributed by atoms with Gasteiger partial charge in [0.15, 0.2) is 0 Å². The summed E-state index contributed by atoms with van der Waals surface area (Å²) in [5.74, 6) is 1.38. The highest BCUT2D eigenvalue weighted by Crippen LogP contribution is 2.29. The molecule has 0 radical (unpaired) electrons. The Hall–Kier alpha value is -3.13. The average molecular weight is 343 g/mol. The third-order valence-electron chi connectivity index (χ3n) is 4.97. The van der Waals surface area contributed by atoms with Crippen molar-refractivity contribution in [3.8, 4) is 6.07 Å². The molecule has 1 aliphatic rings. The molecule has 1 aliphatic heterocycles. The van der Waals surface area contributed by atoms with Gasteiger partial charge in [0.25, 0.3) is 0 Å². The second-order valence-electron chi connectivity index (χ2n) is 6.73. The van der Waals surface area contributed by atoms with Crippen molar-refractivity contribution in [1.82, 2.24) is 15.2 Å². The Kier molecular flexibility index (Phi) is 4.65. The number of anilines is 1. The smallest absolute Gasteiger partial charge is 0.142 e. The van der Waals surface area contributed by atoms with Gasteiger partial charge >= 0.3 is 0 Å². The fraction of sp³-hybridized carbons (Fsp3) is 0.286. The van der Waals surface area contributed by atoms with E-state index in [9.17, 15) is 0 Å². The molecular formula is C21H21N5. The minimum Gasteiger partial charge on any atom is -0.357 e. The summed E-state index contributed by atoms with van der Waals surface area (Å²) in [7, 11) is 0. The third-order valence-corrected chi connectivity index (χ3v) is 4.97. The van der Waals surface area contributed by atoms with Crippen LogP contribution >= 0.6 is 0 Å². The Labute approximate surface area is 153 Å². The van der Waals surface area contributed by atoms with Crippen molar-refractivity contribution in [2.75, 3.05) is 18.0 Å². The molecule has 3 heterocycles. The first kappa shape index (κ1) is 16.3. The molecule has 1 N–H and O–H groups in total. The number of aromatic amines is 1. The number of hydrogen-bond donors (Lipinski definition) is 1. The average Bonchev–Trinajstić information content (AvgIpc) is 3.17. The first-order valence-electron chi connectivity index (χ1n) is 9.02. The Morgan fingerprint density at radius 3 is 2.65 bits per heavy atom. The Morgan fingerprint density at radius 1 is 1.08 bits per heavy atom. The van der Waals surface area contributed by atoms with Gasteiger partial charge in [0, 0.05) is 31.1 Å². The highest BCUT2D eigenvalue weighted by molar-refractivity contribution is 5.42. The molecule has 3 aromatic rings. The monoisotopic (exact) mass is 343 g/mol. The van der Waals surface area contributed by atoms with E-state index in [0.717, 1.165) is 49.6 Å². The Morgan fingerprint density at radius 2 is 1.88 bits per heavy atom. The van der Waals surface area contributed by atoms with Gasteiger partial charge in [0.1, 0.15) is 17.6 Å². The number of H-pyrrole nitrogens is 1. The quantitative estimate of drug-likeness (QED) is 0.785. The van der Waals surface area contributed by atoms with Gasteiger partial charge in [-0.15, -0.1) is 0 Å². The molecule has 1 aromatic carbocycles. The van der Waals surface area contributed by atoms with Gasteiger partial charge in [-0.2, -0.15) is 10.4 Å². The Balaban J connectivity index is 1.38. The zero-order valence-corrected chi connectivity index (χ0v) is 14.6. The first-order chi connectivity index (χ1) is 12.8. The van der Waals surface area contributed by atoms with Gasteiger partial charge < -0.3 is 4.90 Å². The molecule has 26 heavy (non-hydrogen) atoms. The summed E-state index contributed by atoms with van der Waals surface area (Å²) in [4.78, 5) is 6.67. The number of nitrogens with one attached hydrogen (secondary N) is 1. The van der Waals surface area contributed by atoms with E-state index in [1.807, 2.05) is 18.2 Å². The lowest BCUT2D eigenvalue weighted by Crippen LogP contribution is -2.33. The van der Waals surface area contributed by atoms with Crippen LogP contribution in [0.4, 0.5) is 5.82 Å². The normalized spacial score (nSPS) is 15.0. The van der Waals surface area contributed by atoms with E-state index < -0.39 is 0 Å². The van der Waals surface area contributed by atoms with Crippen molar-refractivity contribution >= 4 is 5.82 Å². The van der Waals surface area contributed by atoms with Crippen molar-refractivity contribution in [2.24, 2.45) is 0 Å². The lowest BCUT2D eigenvalue weighted by atomic mass is 9.93. The highest BCUT2D eigenvalue weighted by atomic mass is 15.2. The predicted octanol–water partition coefficient (Wildman–Crippen LogP) is 3.65. The zero-order chi connectivity index (χ0) is 17.8. The molecule has 1 saturated heterocycles. The number of hydrogen-bond acceptors (Lipinski definition) is 4. The summed E-state index contributed by atoms with van der Waals surface area (Å²) < 4.78 is 0. The van der Waals surface area contributed by atoms with Crippen molar-refractivity contribution in [3.05, 3.63) is 77.2 Å². The molecule has 130 valence electrons. The van der Waals surface area contributed by atoms with Crippen molar-refractivity contribution in [2.45, 2.75) is 25.2 Å². The maximum atomic E-state index is 9.02. The Bertz CT molecular complexity index is 901. The fourth-order valence-corrected chi connectivity index (χ4v) is 3.56. The molecule has 5 nitrogen and oxygen atoms in total. The van der Waals surface area contributed by atoms with Gasteiger partial charge in [-0.3, -0.25) is 5.10 Å². The molecule has 0 unspecified atom stereocenters. The third kappa shape index (κ3) is 3.60. The number of nitriles is 1. The SMILES string of the molecule is N#Cc1cccc(N2CCC(c3cc(Cc4ccccc4)[nH]n3)CC2)n1. The summed E-state index contributed by atoms with van der Waals surface area (Å²) in [5, 5.41) is 16.8. The van der Waals surface area contributed by atoms with E-state index in [2.05, 4.69) is 56.5 Å². The maximum absolute atomic E-state index is 9.02. The standard InChI is InChI=1S/C21H21N5/c22-15-18-7-4-8-21(23-18)26-11-9-17(10-12-26)20-14-19(24-25-20)13-16-5-2-1-3-6-16/h1-8,14,17H,9-13H2,(H,24,25). The van der Waals surface area contributed by atoms with Gasteiger partial charge in [0.2, 0.25) is 0 Å². The van der Waals surface area contributed by atoms with Crippen LogP contribution in [0.5, 0.6) is 0 Å². The maximum Gasteiger partial charge on any atom is 0.142 e. The summed E-state index contributed by atoms with van der Waals surface area (Å²) in [6.45, 7) is 1.88. The van der Waals surface area contributed by atoms with Crippen LogP contribution in [0.3, 0.4) is 0 Å². The second kappa shape index (κ2) is 7.40. The van der Waals surface area contributed by atoms with Gasteiger partial charge in [-0.1, -0.05) is 36.4 Å². The van der Waals surface area contributed by atoms with Crippen LogP contribution in [0.25, 0.3) is 0 Å². The summed E-state index contributed by atoms with van der Waals surface area (Å²) >= 11 is 0. The first-order valence-corrected chi connectivity index (χ1v) is 9.02. The zero-order valence-electron chi connectivity index (χ0n) is 14.6. The van der Waals surface area contributed by atoms with E-state index in [1.54, 1.807) is 6.07 Å². The molecule has 5 heteroatoms. The number of pyridine rings is 1. The van der Waals surface area contributed by atoms with Gasteiger partial charge in [0.05, 0.1) is 5.69 Å². The molecule has 0 amide bonds. The van der Waals surface area contributed by atoms with E-state index in [0.29, 0.717) is 11.6 Å². The molecule has 0 bridgehead atoms. The summed E-state index contributed by atoms with van der Waals surface area (Å²) in [6, 6.07) is 20.4. The predicted molar refractivity (Wildman–Crippen MR) is 101 cm³/mol. The largest absolute Gasteiger partial charge is 0.357 e. The van der Waals surface area contributed by atoms with Crippen LogP contribution in [0.2, 0.25) is 0 Å². The molecule has 4 rings (SSSR count). The number of aromatic nitrogens is 3. The lowest BCUT2D eigenvalue weighted by Gasteiger charge is -2.32. The number of rotatable bonds is 4. The molecule has 0 atom stereocenters. The molecule has 0 saturated carbocycles.